The summed E-state index contributed by atoms with van der Waals surface area (Å²) in [4.78, 5) is 18.7. The van der Waals surface area contributed by atoms with Gasteiger partial charge in [0, 0.05) is 13.1 Å². The van der Waals surface area contributed by atoms with Crippen molar-refractivity contribution in [1.29, 1.82) is 0 Å². The summed E-state index contributed by atoms with van der Waals surface area (Å²) in [5.41, 5.74) is 0.945. The Morgan fingerprint density at radius 1 is 1.50 bits per heavy atom. The Morgan fingerprint density at radius 3 is 2.83 bits per heavy atom. The maximum Gasteiger partial charge on any atom is 0.186 e. The molecule has 0 bridgehead atoms. The van der Waals surface area contributed by atoms with Gasteiger partial charge in [-0.05, 0) is 25.2 Å². The van der Waals surface area contributed by atoms with Crippen LogP contribution in [0.1, 0.15) is 54.9 Å². The average molecular weight is 266 g/mol. The molecule has 0 aliphatic heterocycles. The molecule has 100 valence electrons. The molecule has 1 aliphatic rings. The van der Waals surface area contributed by atoms with Crippen molar-refractivity contribution < 1.29 is 4.79 Å². The number of hydrogen-bond acceptors (Lipinski definition) is 4. The van der Waals surface area contributed by atoms with Gasteiger partial charge in [0.2, 0.25) is 0 Å². The van der Waals surface area contributed by atoms with Crippen molar-refractivity contribution in [3.8, 4) is 0 Å². The highest BCUT2D eigenvalue weighted by molar-refractivity contribution is 7.17. The van der Waals surface area contributed by atoms with E-state index in [1.54, 1.807) is 0 Å². The van der Waals surface area contributed by atoms with Crippen LogP contribution in [-0.4, -0.2) is 24.4 Å². The number of anilines is 1. The summed E-state index contributed by atoms with van der Waals surface area (Å²) in [5, 5.41) is 1.01. The van der Waals surface area contributed by atoms with Crippen LogP contribution in [-0.2, 0) is 6.42 Å². The number of carbonyl (C=O) groups excluding carboxylic acids is 1. The summed E-state index contributed by atoms with van der Waals surface area (Å²) in [6, 6.07) is 0.587. The average Bonchev–Trinajstić information content (AvgIpc) is 2.81. The highest BCUT2D eigenvalue weighted by Gasteiger charge is 2.24. The summed E-state index contributed by atoms with van der Waals surface area (Å²) < 4.78 is 0. The van der Waals surface area contributed by atoms with E-state index in [9.17, 15) is 4.79 Å². The predicted octanol–water partition coefficient (Wildman–Crippen LogP) is 3.53. The minimum absolute atomic E-state index is 0.587. The van der Waals surface area contributed by atoms with Gasteiger partial charge in [-0.25, -0.2) is 4.98 Å². The zero-order chi connectivity index (χ0) is 13.1. The van der Waals surface area contributed by atoms with Gasteiger partial charge in [0.15, 0.2) is 11.4 Å². The molecule has 2 unspecified atom stereocenters. The van der Waals surface area contributed by atoms with Gasteiger partial charge in [-0.15, -0.1) is 0 Å². The molecule has 0 radical (unpaired) electrons. The van der Waals surface area contributed by atoms with Crippen LogP contribution in [0.4, 0.5) is 5.13 Å². The third-order valence-corrected chi connectivity index (χ3v) is 5.03. The Balaban J connectivity index is 2.14. The molecule has 0 spiro atoms. The molecule has 1 fully saturated rings. The highest BCUT2D eigenvalue weighted by Crippen LogP contribution is 2.32. The van der Waals surface area contributed by atoms with Crippen LogP contribution >= 0.6 is 11.3 Å². The maximum absolute atomic E-state index is 11.0. The molecule has 0 amide bonds. The van der Waals surface area contributed by atoms with Crippen molar-refractivity contribution >= 4 is 22.8 Å². The van der Waals surface area contributed by atoms with Gasteiger partial charge < -0.3 is 4.90 Å². The van der Waals surface area contributed by atoms with Crippen molar-refractivity contribution in [3.05, 3.63) is 10.6 Å². The summed E-state index contributed by atoms with van der Waals surface area (Å²) in [6.07, 6.45) is 6.92. The van der Waals surface area contributed by atoms with Gasteiger partial charge >= 0.3 is 0 Å². The van der Waals surface area contributed by atoms with E-state index < -0.39 is 0 Å². The zero-order valence-electron chi connectivity index (χ0n) is 11.5. The minimum atomic E-state index is 0.587. The number of thiazole rings is 1. The number of nitrogens with zero attached hydrogens (tertiary/aromatic N) is 2. The van der Waals surface area contributed by atoms with Gasteiger partial charge in [0.1, 0.15) is 0 Å². The molecule has 1 saturated carbocycles. The first-order chi connectivity index (χ1) is 8.65. The number of rotatable bonds is 4. The van der Waals surface area contributed by atoms with E-state index in [1.807, 2.05) is 0 Å². The Morgan fingerprint density at radius 2 is 2.28 bits per heavy atom. The van der Waals surface area contributed by atoms with E-state index in [1.165, 1.54) is 37.0 Å². The first-order valence-electron chi connectivity index (χ1n) is 6.83. The summed E-state index contributed by atoms with van der Waals surface area (Å²) in [5.74, 6) is 0.808. The SMILES string of the molecule is CCc1nc(N(C)C2CCCC(C)C2)sc1C=O. The van der Waals surface area contributed by atoms with Gasteiger partial charge in [0.05, 0.1) is 10.6 Å². The van der Waals surface area contributed by atoms with Gasteiger partial charge in [0.25, 0.3) is 0 Å². The van der Waals surface area contributed by atoms with Crippen molar-refractivity contribution in [2.45, 2.75) is 52.0 Å². The molecule has 1 heterocycles. The molecule has 4 heteroatoms. The van der Waals surface area contributed by atoms with Crippen molar-refractivity contribution in [2.75, 3.05) is 11.9 Å². The molecule has 0 aromatic carbocycles. The fraction of sp³-hybridized carbons (Fsp3) is 0.714. The Kier molecular flexibility index (Phi) is 4.38. The lowest BCUT2D eigenvalue weighted by molar-refractivity contribution is 0.112. The van der Waals surface area contributed by atoms with E-state index in [2.05, 4.69) is 30.8 Å². The molecule has 1 aliphatic carbocycles. The Labute approximate surface area is 113 Å². The second-order valence-electron chi connectivity index (χ2n) is 5.32. The van der Waals surface area contributed by atoms with Crippen molar-refractivity contribution in [3.63, 3.8) is 0 Å². The molecule has 18 heavy (non-hydrogen) atoms. The fourth-order valence-electron chi connectivity index (χ4n) is 2.76. The van der Waals surface area contributed by atoms with Crippen LogP contribution in [0.15, 0.2) is 0 Å². The van der Waals surface area contributed by atoms with E-state index >= 15 is 0 Å². The number of aryl methyl sites for hydroxylation is 1. The van der Waals surface area contributed by atoms with E-state index in [4.69, 9.17) is 0 Å². The Bertz CT molecular complexity index is 416. The zero-order valence-corrected chi connectivity index (χ0v) is 12.3. The van der Waals surface area contributed by atoms with Crippen molar-refractivity contribution in [2.24, 2.45) is 5.92 Å². The Hall–Kier alpha value is -0.900. The molecule has 1 aromatic rings. The largest absolute Gasteiger partial charge is 0.348 e. The smallest absolute Gasteiger partial charge is 0.186 e. The third kappa shape index (κ3) is 2.74. The predicted molar refractivity (Wildman–Crippen MR) is 76.7 cm³/mol. The van der Waals surface area contributed by atoms with E-state index in [0.29, 0.717) is 6.04 Å². The topological polar surface area (TPSA) is 33.2 Å². The van der Waals surface area contributed by atoms with Crippen LogP contribution in [0.2, 0.25) is 0 Å². The molecular formula is C14H22N2OS. The number of hydrogen-bond donors (Lipinski definition) is 0. The van der Waals surface area contributed by atoms with Crippen molar-refractivity contribution in [1.82, 2.24) is 4.98 Å². The third-order valence-electron chi connectivity index (χ3n) is 3.92. The highest BCUT2D eigenvalue weighted by atomic mass is 32.1. The molecule has 0 N–H and O–H groups in total. The van der Waals surface area contributed by atoms with Crippen LogP contribution in [0.25, 0.3) is 0 Å². The summed E-state index contributed by atoms with van der Waals surface area (Å²) >= 11 is 1.53. The van der Waals surface area contributed by atoms with Gasteiger partial charge in [-0.1, -0.05) is 38.0 Å². The lowest BCUT2D eigenvalue weighted by Crippen LogP contribution is -2.35. The monoisotopic (exact) mass is 266 g/mol. The quantitative estimate of drug-likeness (QED) is 0.782. The molecular weight excluding hydrogens is 244 g/mol. The maximum atomic E-state index is 11.0. The standard InChI is InChI=1S/C14H22N2OS/c1-4-12-13(9-17)18-14(15-12)16(3)11-7-5-6-10(2)8-11/h9-11H,4-8H2,1-3H3. The van der Waals surface area contributed by atoms with Crippen LogP contribution in [0, 0.1) is 5.92 Å². The molecule has 0 saturated heterocycles. The number of aldehydes is 1. The number of carbonyl (C=O) groups is 1. The van der Waals surface area contributed by atoms with Gasteiger partial charge in [-0.3, -0.25) is 4.79 Å². The second kappa shape index (κ2) is 5.83. The molecule has 2 atom stereocenters. The molecule has 3 nitrogen and oxygen atoms in total. The molecule has 1 aromatic heterocycles. The first kappa shape index (κ1) is 13.5. The second-order valence-corrected chi connectivity index (χ2v) is 6.32. The minimum Gasteiger partial charge on any atom is -0.348 e. The normalized spacial score (nSPS) is 23.9. The van der Waals surface area contributed by atoms with E-state index in [-0.39, 0.29) is 0 Å². The summed E-state index contributed by atoms with van der Waals surface area (Å²) in [7, 11) is 2.12. The van der Waals surface area contributed by atoms with E-state index in [0.717, 1.165) is 34.3 Å². The summed E-state index contributed by atoms with van der Waals surface area (Å²) in [6.45, 7) is 4.38. The first-order valence-corrected chi connectivity index (χ1v) is 7.65. The van der Waals surface area contributed by atoms with Crippen LogP contribution in [0.3, 0.4) is 0 Å². The van der Waals surface area contributed by atoms with Crippen LogP contribution in [0.5, 0.6) is 0 Å². The fourth-order valence-corrected chi connectivity index (χ4v) is 3.76. The van der Waals surface area contributed by atoms with Crippen LogP contribution < -0.4 is 4.90 Å². The molecule has 2 rings (SSSR count). The van der Waals surface area contributed by atoms with Gasteiger partial charge in [-0.2, -0.15) is 0 Å². The lowest BCUT2D eigenvalue weighted by Gasteiger charge is -2.33. The number of aromatic nitrogens is 1. The lowest BCUT2D eigenvalue weighted by atomic mass is 9.86.